The van der Waals surface area contributed by atoms with Crippen molar-refractivity contribution < 1.29 is 33.3 Å². The topological polar surface area (TPSA) is 226 Å². The third-order valence-electron chi connectivity index (χ3n) is 12.7. The SMILES string of the molecule is Nc1ccc2c(c1)c1ccc(-[n+]3ccn4c5ccc(-c6ccc7c8cccnc8n(C8CCC(=O)NC8=O)c7n6)cc5n(C5CCC(=O)NC5=O)c43)nc1n2C1CCC(=O)NC1=O. The van der Waals surface area contributed by atoms with E-state index in [2.05, 4.69) is 20.9 Å². The van der Waals surface area contributed by atoms with Gasteiger partial charge in [0.2, 0.25) is 35.4 Å². The first-order valence-corrected chi connectivity index (χ1v) is 20.7. The van der Waals surface area contributed by atoms with Crippen LogP contribution in [0.5, 0.6) is 0 Å². The minimum atomic E-state index is -0.780. The Balaban J connectivity index is 1.06. The maximum Gasteiger partial charge on any atom is 0.334 e. The molecule has 12 rings (SSSR count). The molecule has 63 heavy (non-hydrogen) atoms. The molecule has 3 aliphatic heterocycles. The zero-order valence-electron chi connectivity index (χ0n) is 33.2. The molecule has 0 radical (unpaired) electrons. The minimum Gasteiger partial charge on any atom is -0.399 e. The fourth-order valence-electron chi connectivity index (χ4n) is 9.83. The number of carbonyl (C=O) groups excluding carboxylic acids is 6. The second kappa shape index (κ2) is 13.4. The van der Waals surface area contributed by atoms with Crippen LogP contribution in [0, 0.1) is 0 Å². The first-order valence-electron chi connectivity index (χ1n) is 20.7. The number of pyridine rings is 3. The summed E-state index contributed by atoms with van der Waals surface area (Å²) in [5.41, 5.74) is 12.0. The fraction of sp³-hybridized carbons (Fsp3) is 0.200. The highest BCUT2D eigenvalue weighted by Gasteiger charge is 2.37. The number of aromatic nitrogens is 8. The van der Waals surface area contributed by atoms with Crippen LogP contribution in [0.15, 0.2) is 91.4 Å². The van der Waals surface area contributed by atoms with Gasteiger partial charge in [0.05, 0.1) is 23.6 Å². The van der Waals surface area contributed by atoms with Crippen molar-refractivity contribution in [2.75, 3.05) is 5.73 Å². The van der Waals surface area contributed by atoms with Crippen molar-refractivity contribution in [3.63, 3.8) is 0 Å². The highest BCUT2D eigenvalue weighted by atomic mass is 16.2. The van der Waals surface area contributed by atoms with Gasteiger partial charge in [-0.25, -0.2) is 18.9 Å². The molecule has 5 N–H and O–H groups in total. The Labute approximate surface area is 354 Å². The smallest absolute Gasteiger partial charge is 0.334 e. The summed E-state index contributed by atoms with van der Waals surface area (Å²) in [7, 11) is 0. The van der Waals surface area contributed by atoms with E-state index in [1.807, 2.05) is 102 Å². The molecular weight excluding hydrogens is 805 g/mol. The molecule has 18 heteroatoms. The van der Waals surface area contributed by atoms with E-state index in [1.54, 1.807) is 12.3 Å². The summed E-state index contributed by atoms with van der Waals surface area (Å²) in [6, 6.07) is 20.6. The van der Waals surface area contributed by atoms with E-state index in [-0.39, 0.29) is 43.4 Å². The molecule has 3 saturated heterocycles. The molecule has 10 heterocycles. The van der Waals surface area contributed by atoms with Crippen LogP contribution >= 0.6 is 0 Å². The number of amides is 6. The molecule has 310 valence electrons. The van der Waals surface area contributed by atoms with Crippen molar-refractivity contribution in [1.29, 1.82) is 0 Å². The van der Waals surface area contributed by atoms with Crippen LogP contribution in [0.1, 0.15) is 56.7 Å². The maximum atomic E-state index is 13.8. The normalized spacial score (nSPS) is 19.8. The average Bonchev–Trinajstić information content (AvgIpc) is 4.01. The molecule has 0 aliphatic carbocycles. The molecule has 0 saturated carbocycles. The number of nitrogens with zero attached hydrogens (tertiary/aromatic N) is 8. The molecule has 3 atom stereocenters. The van der Waals surface area contributed by atoms with Gasteiger partial charge in [0.15, 0.2) is 11.7 Å². The maximum absolute atomic E-state index is 13.8. The molecule has 2 aromatic carbocycles. The number of benzene rings is 2. The van der Waals surface area contributed by atoms with Crippen molar-refractivity contribution in [2.24, 2.45) is 0 Å². The van der Waals surface area contributed by atoms with Crippen molar-refractivity contribution >= 4 is 102 Å². The summed E-state index contributed by atoms with van der Waals surface area (Å²) in [4.78, 5) is 92.2. The van der Waals surface area contributed by atoms with Gasteiger partial charge >= 0.3 is 5.78 Å². The van der Waals surface area contributed by atoms with Gasteiger partial charge in [-0.3, -0.25) is 49.3 Å². The molecule has 7 aromatic heterocycles. The van der Waals surface area contributed by atoms with E-state index in [0.717, 1.165) is 38.1 Å². The van der Waals surface area contributed by atoms with Crippen molar-refractivity contribution in [2.45, 2.75) is 56.7 Å². The Morgan fingerprint density at radius 2 is 1.21 bits per heavy atom. The molecule has 0 spiro atoms. The zero-order chi connectivity index (χ0) is 42.8. The van der Waals surface area contributed by atoms with Crippen molar-refractivity contribution in [3.8, 4) is 17.1 Å². The number of hydrogen-bond donors (Lipinski definition) is 4. The van der Waals surface area contributed by atoms with E-state index in [9.17, 15) is 28.8 Å². The number of rotatable bonds is 5. The summed E-state index contributed by atoms with van der Waals surface area (Å²) < 4.78 is 9.44. The summed E-state index contributed by atoms with van der Waals surface area (Å²) in [5, 5.41) is 10.7. The third-order valence-corrected chi connectivity index (χ3v) is 12.7. The molecule has 3 fully saturated rings. The number of imidazole rings is 2. The largest absolute Gasteiger partial charge is 0.399 e. The van der Waals surface area contributed by atoms with Gasteiger partial charge in [-0.15, -0.1) is 4.98 Å². The van der Waals surface area contributed by atoms with Gasteiger partial charge < -0.3 is 10.3 Å². The van der Waals surface area contributed by atoms with E-state index < -0.39 is 35.8 Å². The lowest BCUT2D eigenvalue weighted by molar-refractivity contribution is -0.573. The Hall–Kier alpha value is -8.28. The van der Waals surface area contributed by atoms with E-state index in [4.69, 9.17) is 15.7 Å². The van der Waals surface area contributed by atoms with Gasteiger partial charge in [0, 0.05) is 64.3 Å². The first-order chi connectivity index (χ1) is 30.6. The van der Waals surface area contributed by atoms with Crippen LogP contribution in [0.3, 0.4) is 0 Å². The van der Waals surface area contributed by atoms with Gasteiger partial charge in [-0.2, -0.15) is 4.57 Å². The number of imide groups is 3. The Morgan fingerprint density at radius 3 is 1.92 bits per heavy atom. The van der Waals surface area contributed by atoms with Crippen molar-refractivity contribution in [3.05, 3.63) is 91.4 Å². The van der Waals surface area contributed by atoms with Gasteiger partial charge in [0.1, 0.15) is 34.4 Å². The molecule has 6 amide bonds. The summed E-state index contributed by atoms with van der Waals surface area (Å²) in [6.07, 6.45) is 6.77. The lowest BCUT2D eigenvalue weighted by Gasteiger charge is -2.23. The second-order valence-electron chi connectivity index (χ2n) is 16.3. The van der Waals surface area contributed by atoms with Crippen LogP contribution in [0.4, 0.5) is 5.69 Å². The Bertz CT molecular complexity index is 3580. The van der Waals surface area contributed by atoms with Crippen LogP contribution in [0.25, 0.3) is 77.9 Å². The number of nitrogens with two attached hydrogens (primary N) is 1. The van der Waals surface area contributed by atoms with Crippen molar-refractivity contribution in [1.82, 2.24) is 49.0 Å². The standard InChI is InChI=1S/C45H34N12O6/c46-23-4-9-29-27(21-23)26-6-13-35(49-41(26)55(29)31-10-14-36(58)50-42(31)61)54-19-18-53-30-8-3-22(20-34(30)56(45(53)54)32-11-15-37(59)51-43(32)62)28-7-5-25-24-2-1-17-47-39(24)57(40(25)48-28)33-12-16-38(60)52-44(33)63/h1-9,13,17-21,31-33H,10-12,14-16,46H2,(H2-,50,51,52,58,59,60,61,62,63)/p+1. The van der Waals surface area contributed by atoms with Crippen LogP contribution < -0.4 is 26.3 Å². The number of fused-ring (bicyclic) bond motifs is 9. The Morgan fingerprint density at radius 1 is 0.587 bits per heavy atom. The molecular formula is C45H35N12O6+. The third kappa shape index (κ3) is 5.43. The number of hydrogen-bond acceptors (Lipinski definition) is 10. The lowest BCUT2D eigenvalue weighted by Crippen LogP contribution is -2.43. The molecule has 9 aromatic rings. The predicted octanol–water partition coefficient (Wildman–Crippen LogP) is 3.75. The number of carbonyl (C=O) groups is 6. The summed E-state index contributed by atoms with van der Waals surface area (Å²) >= 11 is 0. The molecule has 3 unspecified atom stereocenters. The number of piperidine rings is 3. The lowest BCUT2D eigenvalue weighted by atomic mass is 10.0. The van der Waals surface area contributed by atoms with E-state index in [0.29, 0.717) is 58.3 Å². The molecule has 18 nitrogen and oxygen atoms in total. The number of nitrogen functional groups attached to an aromatic ring is 1. The van der Waals surface area contributed by atoms with E-state index in [1.165, 1.54) is 0 Å². The summed E-state index contributed by atoms with van der Waals surface area (Å²) in [6.45, 7) is 0. The van der Waals surface area contributed by atoms with Crippen LogP contribution in [-0.2, 0) is 28.8 Å². The number of nitrogens with one attached hydrogen (secondary N) is 3. The van der Waals surface area contributed by atoms with Gasteiger partial charge in [-0.05, 0) is 86.0 Å². The predicted molar refractivity (Wildman–Crippen MR) is 228 cm³/mol. The van der Waals surface area contributed by atoms with E-state index >= 15 is 0 Å². The Kier molecular flexibility index (Phi) is 7.75. The van der Waals surface area contributed by atoms with Gasteiger partial charge in [-0.1, -0.05) is 0 Å². The first kappa shape index (κ1) is 36.6. The zero-order valence-corrected chi connectivity index (χ0v) is 33.2. The monoisotopic (exact) mass is 839 g/mol. The van der Waals surface area contributed by atoms with Crippen LogP contribution in [0.2, 0.25) is 0 Å². The number of anilines is 1. The quantitative estimate of drug-likeness (QED) is 0.112. The summed E-state index contributed by atoms with van der Waals surface area (Å²) in [5.74, 6) is -1.17. The highest BCUT2D eigenvalue weighted by molar-refractivity contribution is 6.11. The minimum absolute atomic E-state index is 0.138. The second-order valence-corrected chi connectivity index (χ2v) is 16.3. The molecule has 0 bridgehead atoms. The fourth-order valence-corrected chi connectivity index (χ4v) is 9.83. The molecule has 3 aliphatic rings. The average molecular weight is 840 g/mol. The van der Waals surface area contributed by atoms with Gasteiger partial charge in [0.25, 0.3) is 5.91 Å². The highest BCUT2D eigenvalue weighted by Crippen LogP contribution is 2.38. The van der Waals surface area contributed by atoms with Crippen LogP contribution in [-0.4, -0.2) is 68.5 Å².